The fraction of sp³-hybridized carbons (Fsp3) is 0.407. The third kappa shape index (κ3) is 5.23. The molecule has 1 aliphatic heterocycles. The largest absolute Gasteiger partial charge is 0.507 e. The monoisotopic (exact) mass is 480 g/mol. The van der Waals surface area contributed by atoms with Crippen LogP contribution in [0.5, 0.6) is 5.75 Å². The summed E-state index contributed by atoms with van der Waals surface area (Å²) in [4.78, 5) is 9.08. The maximum absolute atomic E-state index is 11.0. The van der Waals surface area contributed by atoms with Crippen molar-refractivity contribution in [3.8, 4) is 17.6 Å². The van der Waals surface area contributed by atoms with Crippen LogP contribution < -0.4 is 0 Å². The van der Waals surface area contributed by atoms with E-state index in [1.54, 1.807) is 17.8 Å². The van der Waals surface area contributed by atoms with Gasteiger partial charge in [0.15, 0.2) is 11.5 Å². The first-order valence-corrected chi connectivity index (χ1v) is 12.4. The number of oxazole rings is 1. The molecule has 2 aromatic carbocycles. The van der Waals surface area contributed by atoms with Crippen LogP contribution in [0.2, 0.25) is 5.02 Å². The van der Waals surface area contributed by atoms with Crippen LogP contribution in [-0.4, -0.2) is 27.4 Å². The number of hydrogen-bond acceptors (Lipinski definition) is 5. The highest BCUT2D eigenvalue weighted by Crippen LogP contribution is 2.40. The van der Waals surface area contributed by atoms with Crippen LogP contribution in [0.15, 0.2) is 33.7 Å². The topological polar surface area (TPSA) is 58.6 Å². The number of aromatic hydroxyl groups is 1. The van der Waals surface area contributed by atoms with Crippen LogP contribution in [0.4, 0.5) is 0 Å². The van der Waals surface area contributed by atoms with Gasteiger partial charge < -0.3 is 9.52 Å². The average molecular weight is 481 g/mol. The van der Waals surface area contributed by atoms with Crippen molar-refractivity contribution in [2.24, 2.45) is 4.99 Å². The normalized spacial score (nSPS) is 14.3. The van der Waals surface area contributed by atoms with E-state index in [1.165, 1.54) is 0 Å². The molecule has 0 amide bonds. The van der Waals surface area contributed by atoms with Crippen LogP contribution >= 0.6 is 23.4 Å². The Morgan fingerprint density at radius 3 is 2.27 bits per heavy atom. The van der Waals surface area contributed by atoms with E-state index in [4.69, 9.17) is 21.0 Å². The minimum absolute atomic E-state index is 0.196. The number of hydrogen-bond donors (Lipinski definition) is 1. The van der Waals surface area contributed by atoms with Gasteiger partial charge >= 0.3 is 0 Å². The summed E-state index contributed by atoms with van der Waals surface area (Å²) in [5, 5.41) is 12.4. The van der Waals surface area contributed by atoms with Gasteiger partial charge in [-0.3, -0.25) is 4.99 Å². The van der Waals surface area contributed by atoms with Crippen molar-refractivity contribution in [1.29, 1.82) is 0 Å². The Morgan fingerprint density at radius 1 is 1.03 bits per heavy atom. The first kappa shape index (κ1) is 23.7. The molecule has 33 heavy (non-hydrogen) atoms. The molecule has 3 aromatic rings. The maximum Gasteiger partial charge on any atom is 0.199 e. The van der Waals surface area contributed by atoms with Crippen LogP contribution in [0.25, 0.3) is 11.1 Å². The van der Waals surface area contributed by atoms with Crippen LogP contribution in [0.1, 0.15) is 69.7 Å². The van der Waals surface area contributed by atoms with Crippen molar-refractivity contribution >= 4 is 39.5 Å². The standard InChI is InChI=1S/C27H29ClN2O2S/c1-26(2,3)19-11-16(12-20(24(19)31)27(4,5)6)13-22-30-21-15-18(28)14-17(25(21)32-22)7-8-23-29-9-10-33-23/h11-12,14-15,31H,9-10,13H2,1-6H3. The molecule has 0 saturated carbocycles. The van der Waals surface area contributed by atoms with Crippen molar-refractivity contribution in [3.05, 3.63) is 57.4 Å². The second kappa shape index (κ2) is 8.74. The van der Waals surface area contributed by atoms with E-state index in [9.17, 15) is 5.11 Å². The molecule has 2 heterocycles. The Bertz CT molecular complexity index is 1280. The predicted molar refractivity (Wildman–Crippen MR) is 139 cm³/mol. The van der Waals surface area contributed by atoms with Gasteiger partial charge in [-0.05, 0) is 45.6 Å². The Balaban J connectivity index is 1.76. The third-order valence-electron chi connectivity index (χ3n) is 5.53. The van der Waals surface area contributed by atoms with Gasteiger partial charge in [0.05, 0.1) is 12.1 Å². The van der Waals surface area contributed by atoms with Crippen molar-refractivity contribution in [2.75, 3.05) is 12.3 Å². The minimum Gasteiger partial charge on any atom is -0.507 e. The van der Waals surface area contributed by atoms with Gasteiger partial charge in [0.2, 0.25) is 0 Å². The summed E-state index contributed by atoms with van der Waals surface area (Å²) >= 11 is 8.00. The van der Waals surface area contributed by atoms with Crippen molar-refractivity contribution in [2.45, 2.75) is 58.8 Å². The zero-order valence-electron chi connectivity index (χ0n) is 20.0. The van der Waals surface area contributed by atoms with Crippen molar-refractivity contribution in [1.82, 2.24) is 4.98 Å². The molecule has 172 valence electrons. The third-order valence-corrected chi connectivity index (χ3v) is 6.64. The Morgan fingerprint density at radius 2 is 1.70 bits per heavy atom. The molecule has 6 heteroatoms. The number of thioether (sulfide) groups is 1. The SMILES string of the molecule is CC(C)(C)c1cc(Cc2nc3cc(Cl)cc(C#CC4=NCCS4)c3o2)cc(C(C)(C)C)c1O. The van der Waals surface area contributed by atoms with Crippen molar-refractivity contribution in [3.63, 3.8) is 0 Å². The molecule has 0 saturated heterocycles. The average Bonchev–Trinajstić information content (AvgIpc) is 3.35. The predicted octanol–water partition coefficient (Wildman–Crippen LogP) is 6.87. The zero-order valence-corrected chi connectivity index (χ0v) is 21.5. The van der Waals surface area contributed by atoms with E-state index in [0.29, 0.717) is 39.7 Å². The van der Waals surface area contributed by atoms with Gasteiger partial charge in [0, 0.05) is 17.2 Å². The van der Waals surface area contributed by atoms with E-state index in [-0.39, 0.29) is 10.8 Å². The lowest BCUT2D eigenvalue weighted by atomic mass is 9.78. The molecule has 0 aliphatic carbocycles. The summed E-state index contributed by atoms with van der Waals surface area (Å²) in [6, 6.07) is 7.72. The molecule has 1 N–H and O–H groups in total. The van der Waals surface area contributed by atoms with Gasteiger partial charge in [-0.2, -0.15) is 0 Å². The number of rotatable bonds is 2. The first-order valence-electron chi connectivity index (χ1n) is 11.1. The Labute approximate surface area is 204 Å². The molecule has 1 aromatic heterocycles. The maximum atomic E-state index is 11.0. The lowest BCUT2D eigenvalue weighted by molar-refractivity contribution is 0.422. The molecular weight excluding hydrogens is 452 g/mol. The number of nitrogens with zero attached hydrogens (tertiary/aromatic N) is 2. The first-order chi connectivity index (χ1) is 15.4. The van der Waals surface area contributed by atoms with E-state index >= 15 is 0 Å². The number of phenols is 1. The minimum atomic E-state index is -0.196. The Hall–Kier alpha value is -2.42. The van der Waals surface area contributed by atoms with Gasteiger partial charge in [-0.1, -0.05) is 83.0 Å². The molecule has 0 spiro atoms. The molecule has 4 rings (SSSR count). The van der Waals surface area contributed by atoms with Gasteiger partial charge in [0.1, 0.15) is 16.3 Å². The van der Waals surface area contributed by atoms with Gasteiger partial charge in [-0.15, -0.1) is 0 Å². The van der Waals surface area contributed by atoms with E-state index in [0.717, 1.165) is 34.0 Å². The number of fused-ring (bicyclic) bond motifs is 1. The number of phenolic OH excluding ortho intramolecular Hbond substituents is 1. The number of aromatic nitrogens is 1. The summed E-state index contributed by atoms with van der Waals surface area (Å²) < 4.78 is 6.17. The highest BCUT2D eigenvalue weighted by atomic mass is 35.5. The zero-order chi connectivity index (χ0) is 24.0. The molecular formula is C27H29ClN2O2S. The Kier molecular flexibility index (Phi) is 6.28. The number of aliphatic imine (C=N–C) groups is 1. The van der Waals surface area contributed by atoms with Gasteiger partial charge in [-0.25, -0.2) is 4.98 Å². The molecule has 0 atom stereocenters. The van der Waals surface area contributed by atoms with E-state index in [2.05, 4.69) is 70.5 Å². The lowest BCUT2D eigenvalue weighted by Gasteiger charge is -2.28. The summed E-state index contributed by atoms with van der Waals surface area (Å²) in [6.07, 6.45) is 0.508. The number of halogens is 1. The highest BCUT2D eigenvalue weighted by Gasteiger charge is 2.27. The molecule has 0 bridgehead atoms. The van der Waals surface area contributed by atoms with Crippen molar-refractivity contribution < 1.29 is 9.52 Å². The molecule has 4 nitrogen and oxygen atoms in total. The van der Waals surface area contributed by atoms with Gasteiger partial charge in [0.25, 0.3) is 0 Å². The summed E-state index contributed by atoms with van der Waals surface area (Å²) in [7, 11) is 0. The summed E-state index contributed by atoms with van der Waals surface area (Å²) in [5.41, 5.74) is 4.53. The second-order valence-electron chi connectivity index (χ2n) is 10.4. The van der Waals surface area contributed by atoms with Crippen LogP contribution in [0, 0.1) is 11.8 Å². The molecule has 0 fully saturated rings. The highest BCUT2D eigenvalue weighted by molar-refractivity contribution is 8.14. The summed E-state index contributed by atoms with van der Waals surface area (Å²) in [5.74, 6) is 8.21. The fourth-order valence-electron chi connectivity index (χ4n) is 3.86. The van der Waals surface area contributed by atoms with Crippen LogP contribution in [-0.2, 0) is 17.3 Å². The van der Waals surface area contributed by atoms with E-state index in [1.807, 2.05) is 6.07 Å². The fourth-order valence-corrected chi connectivity index (χ4v) is 4.75. The quantitative estimate of drug-likeness (QED) is 0.406. The molecule has 1 aliphatic rings. The molecule has 0 radical (unpaired) electrons. The van der Waals surface area contributed by atoms with E-state index < -0.39 is 0 Å². The number of benzene rings is 2. The lowest BCUT2D eigenvalue weighted by Crippen LogP contribution is -2.18. The second-order valence-corrected chi connectivity index (χ2v) is 11.9. The van der Waals surface area contributed by atoms with Crippen LogP contribution in [0.3, 0.4) is 0 Å². The molecule has 0 unspecified atom stereocenters. The smallest absolute Gasteiger partial charge is 0.199 e. The summed E-state index contributed by atoms with van der Waals surface area (Å²) in [6.45, 7) is 13.5.